The summed E-state index contributed by atoms with van der Waals surface area (Å²) in [6.45, 7) is 2.80. The van der Waals surface area contributed by atoms with Crippen molar-refractivity contribution < 1.29 is 18.3 Å². The van der Waals surface area contributed by atoms with Crippen molar-refractivity contribution in [3.8, 4) is 11.5 Å². The minimum Gasteiger partial charge on any atom is -0.490 e. The number of ether oxygens (including phenoxy) is 2. The maximum atomic E-state index is 12.6. The first kappa shape index (κ1) is 30.0. The third-order valence-electron chi connectivity index (χ3n) is 5.92. The van der Waals surface area contributed by atoms with Crippen molar-refractivity contribution in [1.29, 1.82) is 0 Å². The lowest BCUT2D eigenvalue weighted by Gasteiger charge is -2.14. The monoisotopic (exact) mass is 481 g/mol. The highest BCUT2D eigenvalue weighted by molar-refractivity contribution is 5.43. The average Bonchev–Trinajstić information content (AvgIpc) is 2.83. The zero-order valence-corrected chi connectivity index (χ0v) is 21.2. The van der Waals surface area contributed by atoms with E-state index in [4.69, 9.17) is 15.0 Å². The van der Waals surface area contributed by atoms with Gasteiger partial charge in [0.25, 0.3) is 6.43 Å². The maximum absolute atomic E-state index is 12.6. The van der Waals surface area contributed by atoms with E-state index in [1.165, 1.54) is 64.2 Å². The number of halogens is 2. The van der Waals surface area contributed by atoms with Gasteiger partial charge in [-0.2, -0.15) is 0 Å². The Morgan fingerprint density at radius 3 is 2.06 bits per heavy atom. The van der Waals surface area contributed by atoms with Crippen molar-refractivity contribution in [3.05, 3.63) is 34.2 Å². The molecule has 0 atom stereocenters. The van der Waals surface area contributed by atoms with Gasteiger partial charge in [0.1, 0.15) is 6.61 Å². The predicted octanol–water partition coefficient (Wildman–Crippen LogP) is 9.43. The highest BCUT2D eigenvalue weighted by atomic mass is 19.3. The predicted molar refractivity (Wildman–Crippen MR) is 136 cm³/mol. The molecule has 0 aromatic heterocycles. The van der Waals surface area contributed by atoms with E-state index < -0.39 is 13.0 Å². The number of rotatable bonds is 23. The first-order valence-electron chi connectivity index (χ1n) is 13.3. The van der Waals surface area contributed by atoms with E-state index in [0.29, 0.717) is 24.7 Å². The largest absolute Gasteiger partial charge is 0.490 e. The molecule has 0 N–H and O–H groups in total. The number of azide groups is 1. The van der Waals surface area contributed by atoms with Crippen LogP contribution in [-0.4, -0.2) is 26.2 Å². The Morgan fingerprint density at radius 1 is 0.794 bits per heavy atom. The van der Waals surface area contributed by atoms with Crippen LogP contribution in [0.5, 0.6) is 11.5 Å². The van der Waals surface area contributed by atoms with Gasteiger partial charge in [0, 0.05) is 11.5 Å². The van der Waals surface area contributed by atoms with Gasteiger partial charge in [-0.15, -0.1) is 0 Å². The molecule has 5 nitrogen and oxygen atoms in total. The Hall–Kier alpha value is -2.01. The summed E-state index contributed by atoms with van der Waals surface area (Å²) in [6, 6.07) is 5.70. The lowest BCUT2D eigenvalue weighted by Crippen LogP contribution is -2.09. The minimum atomic E-state index is -2.50. The highest BCUT2D eigenvalue weighted by Crippen LogP contribution is 2.30. The summed E-state index contributed by atoms with van der Waals surface area (Å²) in [6.07, 6.45) is 16.1. The van der Waals surface area contributed by atoms with Gasteiger partial charge in [-0.25, -0.2) is 8.78 Å². The Kier molecular flexibility index (Phi) is 19.0. The Bertz CT molecular complexity index is 667. The van der Waals surface area contributed by atoms with Gasteiger partial charge in [-0.1, -0.05) is 95.2 Å². The third-order valence-corrected chi connectivity index (χ3v) is 5.92. The fraction of sp³-hybridized carbons (Fsp3) is 0.778. The van der Waals surface area contributed by atoms with Crippen molar-refractivity contribution in [1.82, 2.24) is 0 Å². The van der Waals surface area contributed by atoms with E-state index in [9.17, 15) is 8.78 Å². The van der Waals surface area contributed by atoms with E-state index >= 15 is 0 Å². The van der Waals surface area contributed by atoms with E-state index in [-0.39, 0.29) is 0 Å². The Labute approximate surface area is 205 Å². The van der Waals surface area contributed by atoms with Crippen LogP contribution in [0, 0.1) is 0 Å². The van der Waals surface area contributed by atoms with Gasteiger partial charge in [0.05, 0.1) is 6.61 Å². The van der Waals surface area contributed by atoms with E-state index in [1.54, 1.807) is 6.07 Å². The second kappa shape index (κ2) is 21.5. The number of benzene rings is 1. The normalized spacial score (nSPS) is 10.9. The van der Waals surface area contributed by atoms with Crippen molar-refractivity contribution in [3.63, 3.8) is 0 Å². The molecule has 34 heavy (non-hydrogen) atoms. The molecule has 0 amide bonds. The van der Waals surface area contributed by atoms with Gasteiger partial charge < -0.3 is 9.47 Å². The summed E-state index contributed by atoms with van der Waals surface area (Å²) in [4.78, 5) is 2.77. The molecule has 194 valence electrons. The molecule has 0 saturated heterocycles. The van der Waals surface area contributed by atoms with Crippen LogP contribution in [0.3, 0.4) is 0 Å². The van der Waals surface area contributed by atoms with E-state index in [2.05, 4.69) is 16.9 Å². The van der Waals surface area contributed by atoms with E-state index in [0.717, 1.165) is 44.1 Å². The van der Waals surface area contributed by atoms with Crippen LogP contribution in [0.1, 0.15) is 109 Å². The van der Waals surface area contributed by atoms with E-state index in [1.807, 2.05) is 12.1 Å². The molecule has 0 fully saturated rings. The SMILES string of the molecule is CCCCCCCCCOc1cc(CCCCCCCCCCN=[N+]=[N-])ccc1OCC(F)F. The number of unbranched alkanes of at least 4 members (excludes halogenated alkanes) is 13. The molecule has 0 aliphatic heterocycles. The van der Waals surface area contributed by atoms with Crippen LogP contribution in [0.25, 0.3) is 10.4 Å². The van der Waals surface area contributed by atoms with Gasteiger partial charge in [-0.3, -0.25) is 0 Å². The molecule has 1 aromatic carbocycles. The number of hydrogen-bond acceptors (Lipinski definition) is 3. The summed E-state index contributed by atoms with van der Waals surface area (Å²) in [7, 11) is 0. The van der Waals surface area contributed by atoms with Crippen LogP contribution in [-0.2, 0) is 6.42 Å². The molecular weight excluding hydrogens is 436 g/mol. The zero-order valence-electron chi connectivity index (χ0n) is 21.2. The Balaban J connectivity index is 2.32. The van der Waals surface area contributed by atoms with Gasteiger partial charge in [-0.05, 0) is 48.9 Å². The molecule has 0 unspecified atom stereocenters. The maximum Gasteiger partial charge on any atom is 0.272 e. The van der Waals surface area contributed by atoms with Crippen LogP contribution in [0.4, 0.5) is 8.78 Å². The van der Waals surface area contributed by atoms with Crippen LogP contribution >= 0.6 is 0 Å². The fourth-order valence-electron chi connectivity index (χ4n) is 3.95. The summed E-state index contributed by atoms with van der Waals surface area (Å²) >= 11 is 0. The lowest BCUT2D eigenvalue weighted by atomic mass is 10.0. The quantitative estimate of drug-likeness (QED) is 0.0676. The number of alkyl halides is 2. The number of aryl methyl sites for hydroxylation is 1. The number of hydrogen-bond donors (Lipinski definition) is 0. The zero-order chi connectivity index (χ0) is 24.7. The highest BCUT2D eigenvalue weighted by Gasteiger charge is 2.10. The summed E-state index contributed by atoms with van der Waals surface area (Å²) in [5.41, 5.74) is 9.41. The molecule has 1 rings (SSSR count). The standard InChI is InChI=1S/C27H45F2N3O2/c1-2-3-4-5-10-13-16-21-33-26-22-24(18-19-25(26)34-23-27(28)29)17-14-11-8-6-7-9-12-15-20-31-32-30/h18-19,22,27H,2-17,20-21,23H2,1H3. The molecule has 0 saturated carbocycles. The number of nitrogens with zero attached hydrogens (tertiary/aromatic N) is 3. The molecule has 1 aromatic rings. The second-order valence-corrected chi connectivity index (χ2v) is 8.99. The van der Waals surface area contributed by atoms with Gasteiger partial charge >= 0.3 is 0 Å². The summed E-state index contributed by atoms with van der Waals surface area (Å²) < 4.78 is 36.5. The van der Waals surface area contributed by atoms with Crippen LogP contribution in [0.2, 0.25) is 0 Å². The third kappa shape index (κ3) is 16.6. The van der Waals surface area contributed by atoms with Crippen molar-refractivity contribution in [2.24, 2.45) is 5.11 Å². The molecule has 0 aliphatic carbocycles. The second-order valence-electron chi connectivity index (χ2n) is 8.99. The first-order valence-corrected chi connectivity index (χ1v) is 13.3. The van der Waals surface area contributed by atoms with Crippen LogP contribution < -0.4 is 9.47 Å². The minimum absolute atomic E-state index is 0.410. The van der Waals surface area contributed by atoms with Crippen LogP contribution in [0.15, 0.2) is 23.3 Å². The smallest absolute Gasteiger partial charge is 0.272 e. The topological polar surface area (TPSA) is 67.2 Å². The molecule has 0 radical (unpaired) electrons. The summed E-state index contributed by atoms with van der Waals surface area (Å²) in [5.74, 6) is 0.998. The summed E-state index contributed by atoms with van der Waals surface area (Å²) in [5, 5.41) is 3.56. The van der Waals surface area contributed by atoms with Gasteiger partial charge in [0.15, 0.2) is 11.5 Å². The van der Waals surface area contributed by atoms with Crippen molar-refractivity contribution in [2.75, 3.05) is 19.8 Å². The molecule has 0 aliphatic rings. The Morgan fingerprint density at radius 2 is 1.41 bits per heavy atom. The molecule has 0 spiro atoms. The first-order chi connectivity index (χ1) is 16.7. The fourth-order valence-corrected chi connectivity index (χ4v) is 3.95. The van der Waals surface area contributed by atoms with Gasteiger partial charge in [0.2, 0.25) is 0 Å². The average molecular weight is 482 g/mol. The molecule has 0 heterocycles. The molecule has 7 heteroatoms. The lowest BCUT2D eigenvalue weighted by molar-refractivity contribution is 0.0799. The molecular formula is C27H45F2N3O2. The molecule has 0 bridgehead atoms. The van der Waals surface area contributed by atoms with Crippen molar-refractivity contribution >= 4 is 0 Å². The van der Waals surface area contributed by atoms with Crippen molar-refractivity contribution in [2.45, 2.75) is 116 Å².